The van der Waals surface area contributed by atoms with Crippen molar-refractivity contribution in [2.75, 3.05) is 13.7 Å². The van der Waals surface area contributed by atoms with Crippen LogP contribution < -0.4 is 0 Å². The topological polar surface area (TPSA) is 46.5 Å². The predicted octanol–water partition coefficient (Wildman–Crippen LogP) is 1.22. The monoisotopic (exact) mass is 168 g/mol. The Morgan fingerprint density at radius 3 is 2.92 bits per heavy atom. The van der Waals surface area contributed by atoms with Crippen LogP contribution in [0, 0.1) is 5.92 Å². The second-order valence-corrected chi connectivity index (χ2v) is 2.88. The van der Waals surface area contributed by atoms with E-state index in [4.69, 9.17) is 9.84 Å². The van der Waals surface area contributed by atoms with Crippen molar-refractivity contribution in [1.29, 1.82) is 0 Å². The zero-order valence-corrected chi connectivity index (χ0v) is 7.20. The number of carbonyl (C=O) groups is 1. The Morgan fingerprint density at radius 1 is 1.75 bits per heavy atom. The maximum absolute atomic E-state index is 10.7. The fourth-order valence-corrected chi connectivity index (χ4v) is 1.35. The third kappa shape index (κ3) is 1.74. The van der Waals surface area contributed by atoms with Gasteiger partial charge in [0.2, 0.25) is 0 Å². The Morgan fingerprint density at radius 2 is 2.42 bits per heavy atom. The van der Waals surface area contributed by atoms with Crippen LogP contribution in [0.4, 0.5) is 0 Å². The lowest BCUT2D eigenvalue weighted by atomic mass is 10.0. The van der Waals surface area contributed by atoms with Crippen LogP contribution in [-0.2, 0) is 9.53 Å². The molecule has 1 rings (SSSR count). The van der Waals surface area contributed by atoms with Crippen LogP contribution in [0.25, 0.3) is 0 Å². The SMILES string of the molecule is COCC1C=C(C)C=C1C(=O)O. The first-order valence-corrected chi connectivity index (χ1v) is 3.77. The minimum atomic E-state index is -0.856. The third-order valence-electron chi connectivity index (χ3n) is 1.84. The molecule has 1 N–H and O–H groups in total. The highest BCUT2D eigenvalue weighted by Gasteiger charge is 2.22. The summed E-state index contributed by atoms with van der Waals surface area (Å²) >= 11 is 0. The van der Waals surface area contributed by atoms with Crippen molar-refractivity contribution in [1.82, 2.24) is 0 Å². The molecular weight excluding hydrogens is 156 g/mol. The number of allylic oxidation sites excluding steroid dienone is 2. The van der Waals surface area contributed by atoms with Gasteiger partial charge in [0.05, 0.1) is 6.61 Å². The molecule has 0 spiro atoms. The zero-order chi connectivity index (χ0) is 9.14. The van der Waals surface area contributed by atoms with Crippen LogP contribution in [0.2, 0.25) is 0 Å². The van der Waals surface area contributed by atoms with Crippen LogP contribution in [0.15, 0.2) is 23.3 Å². The molecule has 1 aliphatic carbocycles. The van der Waals surface area contributed by atoms with Gasteiger partial charge in [0, 0.05) is 18.6 Å². The van der Waals surface area contributed by atoms with Gasteiger partial charge in [-0.1, -0.05) is 11.6 Å². The molecule has 1 atom stereocenters. The van der Waals surface area contributed by atoms with E-state index in [1.807, 2.05) is 13.0 Å². The predicted molar refractivity (Wildman–Crippen MR) is 44.8 cm³/mol. The molecule has 0 aromatic carbocycles. The standard InChI is InChI=1S/C9H12O3/c1-6-3-7(5-12-2)8(4-6)9(10)11/h3-4,7H,5H2,1-2H3,(H,10,11). The van der Waals surface area contributed by atoms with Gasteiger partial charge in [-0.25, -0.2) is 4.79 Å². The minimum Gasteiger partial charge on any atom is -0.478 e. The largest absolute Gasteiger partial charge is 0.478 e. The lowest BCUT2D eigenvalue weighted by Crippen LogP contribution is -2.12. The third-order valence-corrected chi connectivity index (χ3v) is 1.84. The van der Waals surface area contributed by atoms with Crippen LogP contribution in [0.1, 0.15) is 6.92 Å². The second-order valence-electron chi connectivity index (χ2n) is 2.88. The summed E-state index contributed by atoms with van der Waals surface area (Å²) in [6.07, 6.45) is 3.60. The lowest BCUT2D eigenvalue weighted by molar-refractivity contribution is -0.133. The average Bonchev–Trinajstić information content (AvgIpc) is 2.32. The molecule has 0 radical (unpaired) electrons. The van der Waals surface area contributed by atoms with Crippen molar-refractivity contribution in [3.05, 3.63) is 23.3 Å². The number of aliphatic carboxylic acids is 1. The highest BCUT2D eigenvalue weighted by atomic mass is 16.5. The number of carboxylic acid groups (broad SMARTS) is 1. The molecule has 0 aromatic heterocycles. The molecule has 0 aliphatic heterocycles. The summed E-state index contributed by atoms with van der Waals surface area (Å²) in [5, 5.41) is 8.77. The second kappa shape index (κ2) is 3.54. The summed E-state index contributed by atoms with van der Waals surface area (Å²) in [6, 6.07) is 0. The van der Waals surface area contributed by atoms with Gasteiger partial charge in [0.1, 0.15) is 0 Å². The number of hydrogen-bond acceptors (Lipinski definition) is 2. The van der Waals surface area contributed by atoms with Crippen molar-refractivity contribution in [3.63, 3.8) is 0 Å². The molecule has 12 heavy (non-hydrogen) atoms. The zero-order valence-electron chi connectivity index (χ0n) is 7.20. The Hall–Kier alpha value is -1.09. The van der Waals surface area contributed by atoms with Crippen molar-refractivity contribution < 1.29 is 14.6 Å². The molecule has 3 nitrogen and oxygen atoms in total. The quantitative estimate of drug-likeness (QED) is 0.689. The van der Waals surface area contributed by atoms with E-state index in [0.29, 0.717) is 12.2 Å². The molecule has 0 bridgehead atoms. The summed E-state index contributed by atoms with van der Waals surface area (Å²) in [5.74, 6) is -0.933. The first-order chi connectivity index (χ1) is 5.65. The molecule has 1 aliphatic rings. The van der Waals surface area contributed by atoms with Gasteiger partial charge in [-0.2, -0.15) is 0 Å². The summed E-state index contributed by atoms with van der Waals surface area (Å²) in [7, 11) is 1.57. The average molecular weight is 168 g/mol. The van der Waals surface area contributed by atoms with Gasteiger partial charge in [0.15, 0.2) is 0 Å². The van der Waals surface area contributed by atoms with Crippen molar-refractivity contribution >= 4 is 5.97 Å². The van der Waals surface area contributed by atoms with E-state index in [0.717, 1.165) is 5.57 Å². The Kier molecular flexibility index (Phi) is 2.65. The molecule has 0 amide bonds. The van der Waals surface area contributed by atoms with Crippen LogP contribution >= 0.6 is 0 Å². The summed E-state index contributed by atoms with van der Waals surface area (Å²) in [4.78, 5) is 10.7. The molecule has 0 heterocycles. The Labute approximate surface area is 71.3 Å². The molecule has 0 saturated carbocycles. The number of methoxy groups -OCH3 is 1. The van der Waals surface area contributed by atoms with Gasteiger partial charge in [-0.3, -0.25) is 0 Å². The van der Waals surface area contributed by atoms with Crippen LogP contribution in [0.3, 0.4) is 0 Å². The van der Waals surface area contributed by atoms with Gasteiger partial charge in [-0.05, 0) is 13.0 Å². The molecule has 1 unspecified atom stereocenters. The highest BCUT2D eigenvalue weighted by Crippen LogP contribution is 2.24. The maximum atomic E-state index is 10.7. The normalized spacial score (nSPS) is 22.0. The molecule has 0 aromatic rings. The van der Waals surface area contributed by atoms with Crippen molar-refractivity contribution in [2.24, 2.45) is 5.92 Å². The smallest absolute Gasteiger partial charge is 0.332 e. The number of carboxylic acids is 1. The van der Waals surface area contributed by atoms with Gasteiger partial charge in [0.25, 0.3) is 0 Å². The Balaban J connectivity index is 2.75. The summed E-state index contributed by atoms with van der Waals surface area (Å²) in [5.41, 5.74) is 1.42. The van der Waals surface area contributed by atoms with Gasteiger partial charge >= 0.3 is 5.97 Å². The lowest BCUT2D eigenvalue weighted by Gasteiger charge is -2.07. The van der Waals surface area contributed by atoms with Crippen molar-refractivity contribution in [3.8, 4) is 0 Å². The molecule has 0 fully saturated rings. The maximum Gasteiger partial charge on any atom is 0.332 e. The molecule has 0 saturated heterocycles. The molecule has 66 valence electrons. The summed E-state index contributed by atoms with van der Waals surface area (Å²) in [6.45, 7) is 2.33. The van der Waals surface area contributed by atoms with E-state index >= 15 is 0 Å². The molecule has 3 heteroatoms. The number of ether oxygens (including phenoxy) is 1. The first-order valence-electron chi connectivity index (χ1n) is 3.77. The molecular formula is C9H12O3. The number of rotatable bonds is 3. The fourth-order valence-electron chi connectivity index (χ4n) is 1.35. The van der Waals surface area contributed by atoms with E-state index in [1.54, 1.807) is 13.2 Å². The van der Waals surface area contributed by atoms with Gasteiger partial charge in [-0.15, -0.1) is 0 Å². The number of hydrogen-bond donors (Lipinski definition) is 1. The van der Waals surface area contributed by atoms with Crippen LogP contribution in [-0.4, -0.2) is 24.8 Å². The highest BCUT2D eigenvalue weighted by molar-refractivity contribution is 5.89. The Bertz CT molecular complexity index is 250. The van der Waals surface area contributed by atoms with E-state index < -0.39 is 5.97 Å². The van der Waals surface area contributed by atoms with E-state index in [9.17, 15) is 4.79 Å². The minimum absolute atomic E-state index is 0.0764. The van der Waals surface area contributed by atoms with Crippen molar-refractivity contribution in [2.45, 2.75) is 6.92 Å². The first kappa shape index (κ1) is 9.00. The summed E-state index contributed by atoms with van der Waals surface area (Å²) < 4.78 is 4.91. The van der Waals surface area contributed by atoms with E-state index in [-0.39, 0.29) is 5.92 Å². The van der Waals surface area contributed by atoms with Crippen LogP contribution in [0.5, 0.6) is 0 Å². The fraction of sp³-hybridized carbons (Fsp3) is 0.444. The van der Waals surface area contributed by atoms with E-state index in [2.05, 4.69) is 0 Å². The van der Waals surface area contributed by atoms with E-state index in [1.165, 1.54) is 0 Å². The van der Waals surface area contributed by atoms with Gasteiger partial charge < -0.3 is 9.84 Å².